The highest BCUT2D eigenvalue weighted by Gasteiger charge is 2.30. The third-order valence-corrected chi connectivity index (χ3v) is 7.02. The van der Waals surface area contributed by atoms with E-state index in [1.165, 1.54) is 29.3 Å². The van der Waals surface area contributed by atoms with E-state index in [0.29, 0.717) is 42.4 Å². The molecule has 14 heteroatoms. The number of hydrogen-bond donors (Lipinski definition) is 4. The van der Waals surface area contributed by atoms with Crippen LogP contribution in [0.4, 0.5) is 5.82 Å². The second-order valence-electron chi connectivity index (χ2n) is 9.98. The van der Waals surface area contributed by atoms with Crippen LogP contribution in [-0.4, -0.2) is 102 Å². The topological polar surface area (TPSA) is 202 Å². The number of ether oxygens (including phenoxy) is 1. The smallest absolute Gasteiger partial charge is 0.295 e. The average Bonchev–Trinajstić information content (AvgIpc) is 3.50. The van der Waals surface area contributed by atoms with Crippen molar-refractivity contribution >= 4 is 52.1 Å². The van der Waals surface area contributed by atoms with Crippen molar-refractivity contribution in [1.29, 1.82) is 5.26 Å². The van der Waals surface area contributed by atoms with Crippen molar-refractivity contribution in [1.82, 2.24) is 25.1 Å². The third kappa shape index (κ3) is 7.33. The van der Waals surface area contributed by atoms with E-state index < -0.39 is 11.7 Å². The number of nitriles is 1. The van der Waals surface area contributed by atoms with Crippen LogP contribution in [0, 0.1) is 11.3 Å². The molecule has 1 aliphatic rings. The van der Waals surface area contributed by atoms with E-state index in [1.54, 1.807) is 7.05 Å². The van der Waals surface area contributed by atoms with Gasteiger partial charge < -0.3 is 30.8 Å². The number of benzene rings is 1. The highest BCUT2D eigenvalue weighted by molar-refractivity contribution is 6.45. The molecule has 44 heavy (non-hydrogen) atoms. The Morgan fingerprint density at radius 3 is 2.66 bits per heavy atom. The summed E-state index contributed by atoms with van der Waals surface area (Å²) >= 11 is 0. The number of carbonyl (C=O) groups excluding carboxylic acids is 3. The van der Waals surface area contributed by atoms with Crippen LogP contribution in [0.5, 0.6) is 5.75 Å². The van der Waals surface area contributed by atoms with E-state index >= 15 is 0 Å². The first-order valence-corrected chi connectivity index (χ1v) is 13.7. The molecule has 0 saturated carbocycles. The number of aliphatic hydroxyl groups excluding tert-OH is 1. The largest absolute Gasteiger partial charge is 0.494 e. The summed E-state index contributed by atoms with van der Waals surface area (Å²) in [6, 6.07) is 11.7. The summed E-state index contributed by atoms with van der Waals surface area (Å²) in [5.41, 5.74) is 8.71. The standard InChI is InChI=1S/C30H33N9O5/c1-38(18-40)16-25(41)33-15-24(32)36-17-37-29-27-26(23(44-2)14-35-29)22(13-34-27)28(42)30(43)39-10-8-20(9-11-39)21(12-31)19-6-4-3-5-7-19/h3-7,13-14,17,34,40H,8-11,15-16,18H2,1-2H3,(H,33,41)(H2,32,35,36,37). The molecule has 1 saturated heterocycles. The lowest BCUT2D eigenvalue weighted by Crippen LogP contribution is -2.40. The van der Waals surface area contributed by atoms with Crippen LogP contribution in [0.25, 0.3) is 16.5 Å². The van der Waals surface area contributed by atoms with Gasteiger partial charge in [0, 0.05) is 19.3 Å². The average molecular weight is 600 g/mol. The lowest BCUT2D eigenvalue weighted by Gasteiger charge is -2.28. The molecule has 0 spiro atoms. The van der Waals surface area contributed by atoms with Gasteiger partial charge in [-0.3, -0.25) is 19.3 Å². The van der Waals surface area contributed by atoms with Crippen LogP contribution in [0.1, 0.15) is 28.8 Å². The van der Waals surface area contributed by atoms with Crippen molar-refractivity contribution in [2.24, 2.45) is 15.7 Å². The number of aromatic nitrogens is 2. The minimum absolute atomic E-state index is 0.00572. The molecule has 3 heterocycles. The number of likely N-dealkylation sites (tertiary alicyclic amines) is 1. The Morgan fingerprint density at radius 2 is 2.00 bits per heavy atom. The number of piperidine rings is 1. The second kappa shape index (κ2) is 14.7. The Bertz CT molecular complexity index is 1660. The number of allylic oxidation sites excluding steroid dienone is 1. The zero-order valence-electron chi connectivity index (χ0n) is 24.4. The SMILES string of the molecule is COc1cnc(N=CN=C(N)CNC(=O)CN(C)CO)c2[nH]cc(C(=O)C(=O)N3CCC(=C(C#N)c4ccccc4)CC3)c12. The maximum absolute atomic E-state index is 13.4. The molecule has 0 unspecified atom stereocenters. The van der Waals surface area contributed by atoms with Crippen molar-refractivity contribution in [2.45, 2.75) is 12.8 Å². The molecule has 14 nitrogen and oxygen atoms in total. The number of nitrogens with zero attached hydrogens (tertiary/aromatic N) is 6. The summed E-state index contributed by atoms with van der Waals surface area (Å²) in [6.07, 6.45) is 4.95. The Hall–Kier alpha value is -5.39. The number of rotatable bonds is 11. The van der Waals surface area contributed by atoms with Crippen LogP contribution >= 0.6 is 0 Å². The number of aliphatic imine (C=N–C) groups is 2. The number of methoxy groups -OCH3 is 1. The zero-order chi connectivity index (χ0) is 31.6. The van der Waals surface area contributed by atoms with E-state index in [1.807, 2.05) is 30.3 Å². The fraction of sp³-hybridized carbons (Fsp3) is 0.300. The molecule has 2 aromatic heterocycles. The number of nitrogens with two attached hydrogens (primary N) is 1. The number of likely N-dealkylation sites (N-methyl/N-ethyl adjacent to an activating group) is 1. The molecular weight excluding hydrogens is 566 g/mol. The van der Waals surface area contributed by atoms with Gasteiger partial charge in [-0.1, -0.05) is 30.3 Å². The number of H-pyrrole nitrogens is 1. The van der Waals surface area contributed by atoms with E-state index in [0.717, 1.165) is 17.5 Å². The van der Waals surface area contributed by atoms with Crippen LogP contribution in [0.3, 0.4) is 0 Å². The van der Waals surface area contributed by atoms with Crippen LogP contribution in [0.15, 0.2) is 58.3 Å². The molecule has 1 aliphatic heterocycles. The van der Waals surface area contributed by atoms with Gasteiger partial charge in [0.15, 0.2) is 5.82 Å². The number of hydrogen-bond acceptors (Lipinski definition) is 9. The molecule has 228 valence electrons. The number of carbonyl (C=O) groups is 3. The van der Waals surface area contributed by atoms with Crippen LogP contribution in [-0.2, 0) is 9.59 Å². The van der Waals surface area contributed by atoms with Gasteiger partial charge in [-0.2, -0.15) is 5.26 Å². The van der Waals surface area contributed by atoms with Crippen molar-refractivity contribution in [3.8, 4) is 11.8 Å². The fourth-order valence-electron chi connectivity index (χ4n) is 4.72. The number of nitrogens with one attached hydrogen (secondary N) is 2. The van der Waals surface area contributed by atoms with Crippen LogP contribution < -0.4 is 15.8 Å². The van der Waals surface area contributed by atoms with E-state index in [4.69, 9.17) is 15.6 Å². The lowest BCUT2D eigenvalue weighted by atomic mass is 9.93. The van der Waals surface area contributed by atoms with Gasteiger partial charge in [0.25, 0.3) is 11.7 Å². The lowest BCUT2D eigenvalue weighted by molar-refractivity contribution is -0.126. The summed E-state index contributed by atoms with van der Waals surface area (Å²) in [5, 5.41) is 21.7. The van der Waals surface area contributed by atoms with Crippen molar-refractivity contribution in [3.05, 3.63) is 59.4 Å². The summed E-state index contributed by atoms with van der Waals surface area (Å²) in [7, 11) is 3.01. The molecule has 0 radical (unpaired) electrons. The molecule has 1 aromatic carbocycles. The van der Waals surface area contributed by atoms with Crippen molar-refractivity contribution in [3.63, 3.8) is 0 Å². The molecule has 0 atom stereocenters. The number of Topliss-reactive ketones (excluding diaryl/α,β-unsaturated/α-hetero) is 1. The fourth-order valence-corrected chi connectivity index (χ4v) is 4.72. The Morgan fingerprint density at radius 1 is 1.27 bits per heavy atom. The number of ketones is 1. The third-order valence-electron chi connectivity index (χ3n) is 7.02. The molecule has 0 bridgehead atoms. The van der Waals surface area contributed by atoms with Gasteiger partial charge in [-0.25, -0.2) is 15.0 Å². The van der Waals surface area contributed by atoms with Gasteiger partial charge in [0.2, 0.25) is 5.91 Å². The Balaban J connectivity index is 1.47. The summed E-state index contributed by atoms with van der Waals surface area (Å²) < 4.78 is 5.43. The monoisotopic (exact) mass is 599 g/mol. The maximum atomic E-state index is 13.4. The highest BCUT2D eigenvalue weighted by Crippen LogP contribution is 2.34. The first-order chi connectivity index (χ1) is 21.3. The maximum Gasteiger partial charge on any atom is 0.295 e. The number of amidine groups is 1. The Kier molecular flexibility index (Phi) is 10.5. The Labute approximate surface area is 253 Å². The zero-order valence-corrected chi connectivity index (χ0v) is 24.4. The molecule has 1 fully saturated rings. The number of aliphatic hydroxyl groups is 1. The number of amides is 2. The van der Waals surface area contributed by atoms with Gasteiger partial charge in [0.05, 0.1) is 61.2 Å². The summed E-state index contributed by atoms with van der Waals surface area (Å²) in [5.74, 6) is -1.17. The van der Waals surface area contributed by atoms with Crippen molar-refractivity contribution < 1.29 is 24.2 Å². The summed E-state index contributed by atoms with van der Waals surface area (Å²) in [4.78, 5) is 56.9. The molecule has 5 N–H and O–H groups in total. The second-order valence-corrected chi connectivity index (χ2v) is 9.98. The molecule has 2 amide bonds. The first kappa shape index (κ1) is 31.5. The minimum Gasteiger partial charge on any atom is -0.494 e. The van der Waals surface area contributed by atoms with Crippen LogP contribution in [0.2, 0.25) is 0 Å². The quantitative estimate of drug-likeness (QED) is 0.0627. The predicted molar refractivity (Wildman–Crippen MR) is 164 cm³/mol. The molecular formula is C30H33N9O5. The predicted octanol–water partition coefficient (Wildman–Crippen LogP) is 1.37. The van der Waals surface area contributed by atoms with Gasteiger partial charge in [-0.15, -0.1) is 0 Å². The molecule has 3 aromatic rings. The number of pyridine rings is 1. The highest BCUT2D eigenvalue weighted by atomic mass is 16.5. The number of aromatic amines is 1. The molecule has 4 rings (SSSR count). The summed E-state index contributed by atoms with van der Waals surface area (Å²) in [6.45, 7) is 0.327. The number of fused-ring (bicyclic) bond motifs is 1. The van der Waals surface area contributed by atoms with E-state index in [-0.39, 0.29) is 48.7 Å². The van der Waals surface area contributed by atoms with Gasteiger partial charge in [0.1, 0.15) is 17.9 Å². The minimum atomic E-state index is -0.712. The van der Waals surface area contributed by atoms with E-state index in [2.05, 4.69) is 31.3 Å². The first-order valence-electron chi connectivity index (χ1n) is 13.7. The normalized spacial score (nSPS) is 13.8. The van der Waals surface area contributed by atoms with E-state index in [9.17, 15) is 19.6 Å². The molecule has 0 aliphatic carbocycles. The van der Waals surface area contributed by atoms with Crippen molar-refractivity contribution in [2.75, 3.05) is 47.1 Å². The van der Waals surface area contributed by atoms with Gasteiger partial charge >= 0.3 is 0 Å². The van der Waals surface area contributed by atoms with Gasteiger partial charge in [-0.05, 0) is 31.0 Å².